The molecule has 1 aromatic heterocycles. The second-order valence-corrected chi connectivity index (χ2v) is 4.05. The molecule has 6 nitrogen and oxygen atoms in total. The fourth-order valence-corrected chi connectivity index (χ4v) is 1.37. The molecular formula is C10H14F3N5O. The van der Waals surface area contributed by atoms with E-state index in [4.69, 9.17) is 10.9 Å². The summed E-state index contributed by atoms with van der Waals surface area (Å²) in [5, 5.41) is 11.3. The Morgan fingerprint density at radius 2 is 2.21 bits per heavy atom. The van der Waals surface area contributed by atoms with Crippen LogP contribution in [0, 0.1) is 5.92 Å². The van der Waals surface area contributed by atoms with Crippen LogP contribution in [0.3, 0.4) is 0 Å². The van der Waals surface area contributed by atoms with Crippen molar-refractivity contribution in [2.75, 3.05) is 18.5 Å². The molecule has 0 aliphatic heterocycles. The molecule has 0 amide bonds. The molecule has 9 heteroatoms. The Kier molecular flexibility index (Phi) is 4.52. The third-order valence-corrected chi connectivity index (χ3v) is 2.44. The molecule has 0 bridgehead atoms. The average molecular weight is 277 g/mol. The van der Waals surface area contributed by atoms with E-state index in [1.54, 1.807) is 6.92 Å². The van der Waals surface area contributed by atoms with Crippen molar-refractivity contribution in [1.82, 2.24) is 9.97 Å². The molecule has 0 fully saturated rings. The number of hydrogen-bond donors (Lipinski definition) is 2. The molecule has 1 aromatic rings. The lowest BCUT2D eigenvalue weighted by Crippen LogP contribution is -2.33. The van der Waals surface area contributed by atoms with Gasteiger partial charge in [-0.2, -0.15) is 13.2 Å². The summed E-state index contributed by atoms with van der Waals surface area (Å²) in [7, 11) is 1.52. The molecule has 3 N–H and O–H groups in total. The minimum Gasteiger partial charge on any atom is -0.409 e. The van der Waals surface area contributed by atoms with Gasteiger partial charge in [0.15, 0.2) is 0 Å². The molecule has 0 saturated heterocycles. The highest BCUT2D eigenvalue weighted by atomic mass is 19.4. The lowest BCUT2D eigenvalue weighted by Gasteiger charge is -2.21. The van der Waals surface area contributed by atoms with Gasteiger partial charge < -0.3 is 15.8 Å². The summed E-state index contributed by atoms with van der Waals surface area (Å²) >= 11 is 0. The molecule has 0 aliphatic carbocycles. The van der Waals surface area contributed by atoms with Crippen LogP contribution in [0.25, 0.3) is 0 Å². The monoisotopic (exact) mass is 277 g/mol. The Labute approximate surface area is 107 Å². The summed E-state index contributed by atoms with van der Waals surface area (Å²) in [5.41, 5.74) is 4.38. The van der Waals surface area contributed by atoms with Crippen molar-refractivity contribution in [3.63, 3.8) is 0 Å². The van der Waals surface area contributed by atoms with Gasteiger partial charge in [0.2, 0.25) is 5.95 Å². The van der Waals surface area contributed by atoms with E-state index in [2.05, 4.69) is 15.1 Å². The van der Waals surface area contributed by atoms with E-state index in [-0.39, 0.29) is 24.2 Å². The Morgan fingerprint density at radius 1 is 1.58 bits per heavy atom. The van der Waals surface area contributed by atoms with Gasteiger partial charge in [-0.15, -0.1) is 0 Å². The number of nitrogens with two attached hydrogens (primary N) is 1. The molecule has 0 spiro atoms. The summed E-state index contributed by atoms with van der Waals surface area (Å²) in [6.07, 6.45) is -3.48. The molecule has 1 heterocycles. The number of oxime groups is 1. The SMILES string of the molecule is CC(CN(C)c1nccc(C(F)(F)F)n1)C(N)=NO. The van der Waals surface area contributed by atoms with E-state index in [9.17, 15) is 13.2 Å². The highest BCUT2D eigenvalue weighted by molar-refractivity contribution is 5.82. The van der Waals surface area contributed by atoms with Gasteiger partial charge in [0, 0.05) is 25.7 Å². The fraction of sp³-hybridized carbons (Fsp3) is 0.500. The minimum atomic E-state index is -4.52. The Morgan fingerprint density at radius 3 is 2.74 bits per heavy atom. The van der Waals surface area contributed by atoms with Crippen LogP contribution < -0.4 is 10.6 Å². The van der Waals surface area contributed by atoms with E-state index in [0.717, 1.165) is 12.3 Å². The third kappa shape index (κ3) is 3.97. The Balaban J connectivity index is 2.86. The van der Waals surface area contributed by atoms with Gasteiger partial charge in [-0.3, -0.25) is 0 Å². The first-order valence-corrected chi connectivity index (χ1v) is 5.34. The second kappa shape index (κ2) is 5.72. The largest absolute Gasteiger partial charge is 0.433 e. The van der Waals surface area contributed by atoms with Crippen LogP contribution in [0.1, 0.15) is 12.6 Å². The van der Waals surface area contributed by atoms with Crippen molar-refractivity contribution in [2.24, 2.45) is 16.8 Å². The number of rotatable bonds is 4. The minimum absolute atomic E-state index is 0.0150. The topological polar surface area (TPSA) is 87.6 Å². The Bertz CT molecular complexity index is 463. The predicted octanol–water partition coefficient (Wildman–Crippen LogP) is 1.31. The van der Waals surface area contributed by atoms with E-state index in [1.165, 1.54) is 11.9 Å². The van der Waals surface area contributed by atoms with Gasteiger partial charge in [0.1, 0.15) is 11.5 Å². The molecule has 0 aliphatic rings. The van der Waals surface area contributed by atoms with Crippen molar-refractivity contribution >= 4 is 11.8 Å². The zero-order chi connectivity index (χ0) is 14.6. The molecule has 0 saturated carbocycles. The summed E-state index contributed by atoms with van der Waals surface area (Å²) in [4.78, 5) is 8.59. The zero-order valence-electron chi connectivity index (χ0n) is 10.4. The molecule has 19 heavy (non-hydrogen) atoms. The highest BCUT2D eigenvalue weighted by Crippen LogP contribution is 2.27. The van der Waals surface area contributed by atoms with Crippen LogP contribution in [0.2, 0.25) is 0 Å². The van der Waals surface area contributed by atoms with Crippen molar-refractivity contribution in [1.29, 1.82) is 0 Å². The normalized spacial score (nSPS) is 14.3. The standard InChI is InChI=1S/C10H14F3N5O/c1-6(8(14)17-19)5-18(2)9-15-4-3-7(16-9)10(11,12)13/h3-4,6,19H,5H2,1-2H3,(H2,14,17). The van der Waals surface area contributed by atoms with Gasteiger partial charge in [-0.1, -0.05) is 12.1 Å². The highest BCUT2D eigenvalue weighted by Gasteiger charge is 2.33. The Hall–Kier alpha value is -2.06. The third-order valence-electron chi connectivity index (χ3n) is 2.44. The number of hydrogen-bond acceptors (Lipinski definition) is 5. The summed E-state index contributed by atoms with van der Waals surface area (Å²) < 4.78 is 37.5. The summed E-state index contributed by atoms with van der Waals surface area (Å²) in [6.45, 7) is 1.89. The number of halogens is 3. The molecule has 0 radical (unpaired) electrons. The molecule has 1 rings (SSSR count). The van der Waals surface area contributed by atoms with Crippen molar-refractivity contribution in [3.8, 4) is 0 Å². The van der Waals surface area contributed by atoms with Gasteiger partial charge in [0.05, 0.1) is 0 Å². The maximum atomic E-state index is 12.5. The van der Waals surface area contributed by atoms with Gasteiger partial charge in [0.25, 0.3) is 0 Å². The van der Waals surface area contributed by atoms with Gasteiger partial charge in [-0.05, 0) is 6.07 Å². The predicted molar refractivity (Wildman–Crippen MR) is 62.9 cm³/mol. The number of alkyl halides is 3. The smallest absolute Gasteiger partial charge is 0.409 e. The molecular weight excluding hydrogens is 263 g/mol. The molecule has 1 atom stereocenters. The van der Waals surface area contributed by atoms with Crippen molar-refractivity contribution in [3.05, 3.63) is 18.0 Å². The zero-order valence-corrected chi connectivity index (χ0v) is 10.4. The average Bonchev–Trinajstić information content (AvgIpc) is 2.36. The van der Waals surface area contributed by atoms with Crippen LogP contribution in [0.15, 0.2) is 17.4 Å². The van der Waals surface area contributed by atoms with E-state index in [0.29, 0.717) is 0 Å². The van der Waals surface area contributed by atoms with Crippen LogP contribution >= 0.6 is 0 Å². The first kappa shape index (κ1) is 15.0. The number of nitrogens with zero attached hydrogens (tertiary/aromatic N) is 4. The first-order chi connectivity index (χ1) is 8.75. The fourth-order valence-electron chi connectivity index (χ4n) is 1.37. The lowest BCUT2D eigenvalue weighted by atomic mass is 10.1. The van der Waals surface area contributed by atoms with Crippen LogP contribution in [0.4, 0.5) is 19.1 Å². The second-order valence-electron chi connectivity index (χ2n) is 4.05. The maximum Gasteiger partial charge on any atom is 0.433 e. The number of aromatic nitrogens is 2. The van der Waals surface area contributed by atoms with Gasteiger partial charge >= 0.3 is 6.18 Å². The molecule has 0 aromatic carbocycles. The van der Waals surface area contributed by atoms with E-state index in [1.807, 2.05) is 0 Å². The van der Waals surface area contributed by atoms with Crippen molar-refractivity contribution < 1.29 is 18.4 Å². The molecule has 106 valence electrons. The van der Waals surface area contributed by atoms with Crippen LogP contribution in [-0.4, -0.2) is 34.6 Å². The first-order valence-electron chi connectivity index (χ1n) is 5.34. The number of anilines is 1. The summed E-state index contributed by atoms with van der Waals surface area (Å²) in [6, 6.07) is 0.796. The number of amidine groups is 1. The quantitative estimate of drug-likeness (QED) is 0.375. The van der Waals surface area contributed by atoms with Crippen LogP contribution in [0.5, 0.6) is 0 Å². The summed E-state index contributed by atoms with van der Waals surface area (Å²) in [5.74, 6) is -0.445. The van der Waals surface area contributed by atoms with Crippen LogP contribution in [-0.2, 0) is 6.18 Å². The van der Waals surface area contributed by atoms with E-state index < -0.39 is 11.9 Å². The van der Waals surface area contributed by atoms with Gasteiger partial charge in [-0.25, -0.2) is 9.97 Å². The maximum absolute atomic E-state index is 12.5. The lowest BCUT2D eigenvalue weighted by molar-refractivity contribution is -0.141. The molecule has 1 unspecified atom stereocenters. The van der Waals surface area contributed by atoms with Crippen molar-refractivity contribution in [2.45, 2.75) is 13.1 Å². The van der Waals surface area contributed by atoms with E-state index >= 15 is 0 Å².